The first-order valence-electron chi connectivity index (χ1n) is 9.40. The van der Waals surface area contributed by atoms with Gasteiger partial charge in [-0.25, -0.2) is 13.8 Å². The number of hydrazone groups is 1. The summed E-state index contributed by atoms with van der Waals surface area (Å²) < 4.78 is 47.4. The third-order valence-corrected chi connectivity index (χ3v) is 6.33. The van der Waals surface area contributed by atoms with Crippen molar-refractivity contribution in [3.63, 3.8) is 0 Å². The quantitative estimate of drug-likeness (QED) is 0.420. The minimum absolute atomic E-state index is 0.0621. The number of rotatable bonds is 10. The molecule has 0 atom stereocenters. The van der Waals surface area contributed by atoms with Crippen molar-refractivity contribution >= 4 is 22.1 Å². The first-order valence-corrected chi connectivity index (χ1v) is 10.8. The predicted octanol–water partition coefficient (Wildman–Crippen LogP) is 1.80. The van der Waals surface area contributed by atoms with E-state index in [0.717, 1.165) is 4.31 Å². The maximum atomic E-state index is 12.7. The van der Waals surface area contributed by atoms with Gasteiger partial charge in [-0.1, -0.05) is 0 Å². The fourth-order valence-corrected chi connectivity index (χ4v) is 4.08. The van der Waals surface area contributed by atoms with Gasteiger partial charge in [-0.3, -0.25) is 4.79 Å². The predicted molar refractivity (Wildman–Crippen MR) is 119 cm³/mol. The number of nitrogens with zero attached hydrogens (tertiary/aromatic N) is 2. The number of amides is 1. The highest BCUT2D eigenvalue weighted by Gasteiger charge is 2.23. The van der Waals surface area contributed by atoms with Gasteiger partial charge in [0.25, 0.3) is 5.91 Å². The van der Waals surface area contributed by atoms with Crippen LogP contribution in [-0.2, 0) is 14.8 Å². The molecule has 1 N–H and O–H groups in total. The minimum atomic E-state index is -3.87. The molecule has 2 aromatic carbocycles. The van der Waals surface area contributed by atoms with Gasteiger partial charge in [0.05, 0.1) is 46.1 Å². The van der Waals surface area contributed by atoms with Crippen LogP contribution in [0.1, 0.15) is 11.1 Å². The van der Waals surface area contributed by atoms with Gasteiger partial charge in [0, 0.05) is 12.6 Å². The van der Waals surface area contributed by atoms with Crippen LogP contribution in [0.5, 0.6) is 23.0 Å². The SMILES string of the molecule is COc1ccc(S(=O)(=O)N(C)CC(=O)N/N=C/c2cc(OC)c(OC)c(OC)c2)cc1C. The van der Waals surface area contributed by atoms with Crippen molar-refractivity contribution in [2.75, 3.05) is 42.0 Å². The number of nitrogens with one attached hydrogen (secondary N) is 1. The van der Waals surface area contributed by atoms with E-state index >= 15 is 0 Å². The van der Waals surface area contributed by atoms with E-state index < -0.39 is 22.5 Å². The fourth-order valence-electron chi connectivity index (χ4n) is 2.87. The summed E-state index contributed by atoms with van der Waals surface area (Å²) >= 11 is 0. The first kappa shape index (κ1) is 25.0. The standard InChI is InChI=1S/C21H27N3O7S/c1-14-9-16(7-8-17(14)28-3)32(26,27)24(2)13-20(25)23-22-12-15-10-18(29-4)21(31-6)19(11-15)30-5/h7-12H,13H2,1-6H3,(H,23,25)/b22-12+. The lowest BCUT2D eigenvalue weighted by atomic mass is 10.2. The van der Waals surface area contributed by atoms with Gasteiger partial charge in [-0.2, -0.15) is 9.41 Å². The van der Waals surface area contributed by atoms with Gasteiger partial charge in [-0.05, 0) is 42.8 Å². The summed E-state index contributed by atoms with van der Waals surface area (Å²) in [6.45, 7) is 1.32. The summed E-state index contributed by atoms with van der Waals surface area (Å²) in [5.41, 5.74) is 3.56. The molecule has 1 amide bonds. The maximum Gasteiger partial charge on any atom is 0.255 e. The van der Waals surface area contributed by atoms with Crippen LogP contribution in [0.25, 0.3) is 0 Å². The van der Waals surface area contributed by atoms with E-state index in [9.17, 15) is 13.2 Å². The van der Waals surface area contributed by atoms with E-state index in [0.29, 0.717) is 34.1 Å². The molecule has 0 heterocycles. The lowest BCUT2D eigenvalue weighted by molar-refractivity contribution is -0.121. The highest BCUT2D eigenvalue weighted by atomic mass is 32.2. The van der Waals surface area contributed by atoms with E-state index in [1.165, 1.54) is 53.8 Å². The van der Waals surface area contributed by atoms with Gasteiger partial charge in [-0.15, -0.1) is 0 Å². The summed E-state index contributed by atoms with van der Waals surface area (Å²) in [6, 6.07) is 7.79. The van der Waals surface area contributed by atoms with E-state index in [1.54, 1.807) is 25.1 Å². The lowest BCUT2D eigenvalue weighted by Gasteiger charge is -2.17. The largest absolute Gasteiger partial charge is 0.496 e. The van der Waals surface area contributed by atoms with Gasteiger partial charge in [0.2, 0.25) is 15.8 Å². The summed E-state index contributed by atoms with van der Waals surface area (Å²) in [5.74, 6) is 1.26. The Morgan fingerprint density at radius 1 is 1.00 bits per heavy atom. The number of sulfonamides is 1. The second-order valence-corrected chi connectivity index (χ2v) is 8.69. The highest BCUT2D eigenvalue weighted by Crippen LogP contribution is 2.37. The Bertz CT molecular complexity index is 1080. The number of methoxy groups -OCH3 is 4. The Labute approximate surface area is 187 Å². The van der Waals surface area contributed by atoms with Crippen LogP contribution in [0.4, 0.5) is 0 Å². The fraction of sp³-hybridized carbons (Fsp3) is 0.333. The molecule has 0 aliphatic rings. The van der Waals surface area contributed by atoms with Gasteiger partial charge in [0.15, 0.2) is 11.5 Å². The zero-order chi connectivity index (χ0) is 23.9. The van der Waals surface area contributed by atoms with Crippen molar-refractivity contribution in [2.45, 2.75) is 11.8 Å². The molecule has 32 heavy (non-hydrogen) atoms. The zero-order valence-electron chi connectivity index (χ0n) is 18.8. The van der Waals surface area contributed by atoms with Crippen LogP contribution in [0.2, 0.25) is 0 Å². The Morgan fingerprint density at radius 3 is 2.09 bits per heavy atom. The second kappa shape index (κ2) is 10.8. The zero-order valence-corrected chi connectivity index (χ0v) is 19.6. The average molecular weight is 466 g/mol. The van der Waals surface area contributed by atoms with Crippen molar-refractivity contribution in [3.8, 4) is 23.0 Å². The normalized spacial score (nSPS) is 11.5. The number of carbonyl (C=O) groups is 1. The molecule has 10 nitrogen and oxygen atoms in total. The van der Waals surface area contributed by atoms with Crippen LogP contribution >= 0.6 is 0 Å². The van der Waals surface area contributed by atoms with Crippen LogP contribution < -0.4 is 24.4 Å². The van der Waals surface area contributed by atoms with Crippen molar-refractivity contribution in [3.05, 3.63) is 41.5 Å². The number of carbonyl (C=O) groups excluding carboxylic acids is 1. The molecule has 174 valence electrons. The number of hydrogen-bond donors (Lipinski definition) is 1. The first-order chi connectivity index (χ1) is 15.2. The molecular formula is C21H27N3O7S. The van der Waals surface area contributed by atoms with Crippen molar-refractivity contribution in [1.29, 1.82) is 0 Å². The number of ether oxygens (including phenoxy) is 4. The molecule has 0 spiro atoms. The molecule has 0 fully saturated rings. The van der Waals surface area contributed by atoms with Crippen molar-refractivity contribution < 1.29 is 32.2 Å². The summed E-state index contributed by atoms with van der Waals surface area (Å²) in [4.78, 5) is 12.3. The van der Waals surface area contributed by atoms with Crippen LogP contribution in [0.3, 0.4) is 0 Å². The molecule has 0 unspecified atom stereocenters. The van der Waals surface area contributed by atoms with Crippen molar-refractivity contribution in [2.24, 2.45) is 5.10 Å². The Balaban J connectivity index is 2.07. The van der Waals surface area contributed by atoms with Gasteiger partial charge >= 0.3 is 0 Å². The molecule has 0 radical (unpaired) electrons. The molecule has 2 rings (SSSR count). The smallest absolute Gasteiger partial charge is 0.255 e. The molecule has 0 aromatic heterocycles. The van der Waals surface area contributed by atoms with Crippen LogP contribution in [0.15, 0.2) is 40.3 Å². The van der Waals surface area contributed by atoms with E-state index in [1.807, 2.05) is 0 Å². The molecular weight excluding hydrogens is 438 g/mol. The molecule has 0 aliphatic carbocycles. The lowest BCUT2D eigenvalue weighted by Crippen LogP contribution is -2.36. The van der Waals surface area contributed by atoms with E-state index in [4.69, 9.17) is 18.9 Å². The summed E-state index contributed by atoms with van der Waals surface area (Å²) in [7, 11) is 3.42. The van der Waals surface area contributed by atoms with Crippen molar-refractivity contribution in [1.82, 2.24) is 9.73 Å². The average Bonchev–Trinajstić information content (AvgIpc) is 2.77. The molecule has 0 saturated carbocycles. The van der Waals surface area contributed by atoms with E-state index in [2.05, 4.69) is 10.5 Å². The maximum absolute atomic E-state index is 12.7. The number of hydrogen-bond acceptors (Lipinski definition) is 8. The molecule has 0 aliphatic heterocycles. The molecule has 11 heteroatoms. The third-order valence-electron chi connectivity index (χ3n) is 4.53. The number of benzene rings is 2. The highest BCUT2D eigenvalue weighted by molar-refractivity contribution is 7.89. The molecule has 0 saturated heterocycles. The third kappa shape index (κ3) is 5.68. The Morgan fingerprint density at radius 2 is 1.59 bits per heavy atom. The van der Waals surface area contributed by atoms with Gasteiger partial charge < -0.3 is 18.9 Å². The van der Waals surface area contributed by atoms with E-state index in [-0.39, 0.29) is 4.90 Å². The monoisotopic (exact) mass is 465 g/mol. The van der Waals surface area contributed by atoms with Crippen LogP contribution in [-0.4, -0.2) is 66.9 Å². The topological polar surface area (TPSA) is 116 Å². The summed E-state index contributed by atoms with van der Waals surface area (Å²) in [6.07, 6.45) is 1.38. The minimum Gasteiger partial charge on any atom is -0.496 e. The second-order valence-electron chi connectivity index (χ2n) is 6.64. The molecule has 0 bridgehead atoms. The van der Waals surface area contributed by atoms with Gasteiger partial charge in [0.1, 0.15) is 5.75 Å². The van der Waals surface area contributed by atoms with Crippen LogP contribution in [0, 0.1) is 6.92 Å². The summed E-state index contributed by atoms with van der Waals surface area (Å²) in [5, 5.41) is 3.88. The molecule has 2 aromatic rings. The Hall–Kier alpha value is -3.31. The number of likely N-dealkylation sites (N-methyl/N-ethyl adjacent to an activating group) is 1. The number of aryl methyl sites for hydroxylation is 1. The Kier molecular flexibility index (Phi) is 8.44.